The van der Waals surface area contributed by atoms with Crippen molar-refractivity contribution in [3.8, 4) is 17.1 Å². The Morgan fingerprint density at radius 1 is 1.20 bits per heavy atom. The highest BCUT2D eigenvalue weighted by Crippen LogP contribution is 2.27. The fraction of sp³-hybridized carbons (Fsp3) is 0.0667. The number of carbonyl (C=O) groups is 1. The summed E-state index contributed by atoms with van der Waals surface area (Å²) in [6.45, 7) is 1.73. The molecule has 0 fully saturated rings. The van der Waals surface area contributed by atoms with E-state index in [1.807, 2.05) is 30.3 Å². The molecule has 1 N–H and O–H groups in total. The molecular formula is C15H12N2O3. The predicted octanol–water partition coefficient (Wildman–Crippen LogP) is 3.14. The van der Waals surface area contributed by atoms with Gasteiger partial charge in [-0.05, 0) is 31.2 Å². The molecule has 5 heteroatoms. The summed E-state index contributed by atoms with van der Waals surface area (Å²) in [6, 6.07) is 12.8. The van der Waals surface area contributed by atoms with Crippen LogP contribution in [0, 0.1) is 6.92 Å². The zero-order valence-corrected chi connectivity index (χ0v) is 10.8. The molecule has 0 aliphatic carbocycles. The van der Waals surface area contributed by atoms with Crippen molar-refractivity contribution < 1.29 is 14.3 Å². The second-order valence-electron chi connectivity index (χ2n) is 4.34. The van der Waals surface area contributed by atoms with Crippen molar-refractivity contribution in [1.82, 2.24) is 9.78 Å². The van der Waals surface area contributed by atoms with Gasteiger partial charge >= 0.3 is 5.97 Å². The van der Waals surface area contributed by atoms with Gasteiger partial charge in [0, 0.05) is 0 Å². The van der Waals surface area contributed by atoms with Crippen LogP contribution in [0.3, 0.4) is 0 Å². The monoisotopic (exact) mass is 268 g/mol. The first-order chi connectivity index (χ1) is 9.68. The average Bonchev–Trinajstić information content (AvgIpc) is 3.06. The Labute approximate surface area is 115 Å². The summed E-state index contributed by atoms with van der Waals surface area (Å²) < 4.78 is 6.89. The number of carboxylic acids is 1. The molecule has 3 rings (SSSR count). The number of furan rings is 1. The number of nitrogens with zero attached hydrogens (tertiary/aromatic N) is 2. The lowest BCUT2D eigenvalue weighted by molar-refractivity contribution is 0.0696. The number of benzene rings is 1. The van der Waals surface area contributed by atoms with Crippen molar-refractivity contribution in [2.24, 2.45) is 0 Å². The first-order valence-corrected chi connectivity index (χ1v) is 6.10. The van der Waals surface area contributed by atoms with Gasteiger partial charge in [-0.3, -0.25) is 0 Å². The van der Waals surface area contributed by atoms with E-state index >= 15 is 0 Å². The molecule has 100 valence electrons. The minimum absolute atomic E-state index is 0.156. The highest BCUT2D eigenvalue weighted by atomic mass is 16.4. The lowest BCUT2D eigenvalue weighted by atomic mass is 10.1. The first-order valence-electron chi connectivity index (χ1n) is 6.10. The van der Waals surface area contributed by atoms with Crippen LogP contribution >= 0.6 is 0 Å². The Morgan fingerprint density at radius 3 is 2.55 bits per heavy atom. The molecule has 2 aromatic heterocycles. The van der Waals surface area contributed by atoms with Gasteiger partial charge in [-0.25, -0.2) is 9.48 Å². The maximum atomic E-state index is 11.5. The lowest BCUT2D eigenvalue weighted by Gasteiger charge is -2.03. The topological polar surface area (TPSA) is 68.3 Å². The van der Waals surface area contributed by atoms with E-state index in [4.69, 9.17) is 4.42 Å². The van der Waals surface area contributed by atoms with Gasteiger partial charge < -0.3 is 9.52 Å². The predicted molar refractivity (Wildman–Crippen MR) is 73.0 cm³/mol. The van der Waals surface area contributed by atoms with Crippen LogP contribution in [0.1, 0.15) is 16.1 Å². The number of hydrogen-bond acceptors (Lipinski definition) is 3. The molecule has 20 heavy (non-hydrogen) atoms. The van der Waals surface area contributed by atoms with Crippen molar-refractivity contribution in [3.63, 3.8) is 0 Å². The van der Waals surface area contributed by atoms with E-state index in [-0.39, 0.29) is 5.56 Å². The molecule has 0 radical (unpaired) electrons. The Morgan fingerprint density at radius 2 is 1.95 bits per heavy atom. The van der Waals surface area contributed by atoms with Gasteiger partial charge in [0.2, 0.25) is 0 Å². The Kier molecular flexibility index (Phi) is 2.87. The Balaban J connectivity index is 2.24. The molecule has 0 amide bonds. The van der Waals surface area contributed by atoms with Gasteiger partial charge in [-0.2, -0.15) is 5.10 Å². The molecule has 2 heterocycles. The number of aromatic carboxylic acids is 1. The summed E-state index contributed by atoms with van der Waals surface area (Å²) >= 11 is 0. The van der Waals surface area contributed by atoms with Gasteiger partial charge in [0.1, 0.15) is 11.3 Å². The van der Waals surface area contributed by atoms with Gasteiger partial charge in [0.15, 0.2) is 5.76 Å². The SMILES string of the molecule is Cc1c(C(=O)O)c(-c2ccco2)nn1-c1ccccc1. The van der Waals surface area contributed by atoms with Crippen LogP contribution in [0.15, 0.2) is 53.1 Å². The molecule has 0 aliphatic rings. The Bertz CT molecular complexity index is 743. The van der Waals surface area contributed by atoms with Crippen LogP contribution in [0.4, 0.5) is 0 Å². The molecule has 0 aliphatic heterocycles. The summed E-state index contributed by atoms with van der Waals surface area (Å²) in [5, 5.41) is 13.8. The zero-order valence-electron chi connectivity index (χ0n) is 10.8. The van der Waals surface area contributed by atoms with Crippen LogP contribution in [0.2, 0.25) is 0 Å². The molecule has 0 saturated heterocycles. The standard InChI is InChI=1S/C15H12N2O3/c1-10-13(15(18)19)14(12-8-5-9-20-12)16-17(10)11-6-3-2-4-7-11/h2-9H,1H3,(H,18,19). The normalized spacial score (nSPS) is 10.7. The van der Waals surface area contributed by atoms with Crippen molar-refractivity contribution >= 4 is 5.97 Å². The van der Waals surface area contributed by atoms with Gasteiger partial charge in [-0.15, -0.1) is 0 Å². The highest BCUT2D eigenvalue weighted by molar-refractivity contribution is 5.95. The summed E-state index contributed by atoms with van der Waals surface area (Å²) in [5.41, 5.74) is 1.87. The van der Waals surface area contributed by atoms with E-state index in [2.05, 4.69) is 5.10 Å². The average molecular weight is 268 g/mol. The second-order valence-corrected chi connectivity index (χ2v) is 4.34. The van der Waals surface area contributed by atoms with Crippen molar-refractivity contribution in [2.75, 3.05) is 0 Å². The van der Waals surface area contributed by atoms with Crippen LogP contribution in [-0.2, 0) is 0 Å². The number of aromatic nitrogens is 2. The summed E-state index contributed by atoms with van der Waals surface area (Å²) in [6.07, 6.45) is 1.50. The number of rotatable bonds is 3. The van der Waals surface area contributed by atoms with Crippen LogP contribution in [0.25, 0.3) is 17.1 Å². The molecule has 0 atom stereocenters. The largest absolute Gasteiger partial charge is 0.478 e. The third-order valence-electron chi connectivity index (χ3n) is 3.09. The van der Waals surface area contributed by atoms with E-state index < -0.39 is 5.97 Å². The number of carboxylic acid groups (broad SMARTS) is 1. The first kappa shape index (κ1) is 12.2. The number of hydrogen-bond donors (Lipinski definition) is 1. The summed E-state index contributed by atoms with van der Waals surface area (Å²) in [7, 11) is 0. The molecule has 0 spiro atoms. The Hall–Kier alpha value is -2.82. The van der Waals surface area contributed by atoms with Crippen LogP contribution < -0.4 is 0 Å². The highest BCUT2D eigenvalue weighted by Gasteiger charge is 2.23. The molecule has 1 aromatic carbocycles. The van der Waals surface area contributed by atoms with Crippen molar-refractivity contribution in [3.05, 3.63) is 60.0 Å². The molecule has 3 aromatic rings. The van der Waals surface area contributed by atoms with E-state index in [9.17, 15) is 9.90 Å². The second kappa shape index (κ2) is 4.70. The number of para-hydroxylation sites is 1. The fourth-order valence-electron chi connectivity index (χ4n) is 2.16. The van der Waals surface area contributed by atoms with Crippen molar-refractivity contribution in [1.29, 1.82) is 0 Å². The summed E-state index contributed by atoms with van der Waals surface area (Å²) in [5.74, 6) is -0.573. The zero-order chi connectivity index (χ0) is 14.1. The van der Waals surface area contributed by atoms with Crippen LogP contribution in [-0.4, -0.2) is 20.9 Å². The van der Waals surface area contributed by atoms with E-state index in [1.165, 1.54) is 6.26 Å². The minimum Gasteiger partial charge on any atom is -0.478 e. The smallest absolute Gasteiger partial charge is 0.339 e. The minimum atomic E-state index is -1.02. The lowest BCUT2D eigenvalue weighted by Crippen LogP contribution is -2.02. The van der Waals surface area contributed by atoms with Crippen LogP contribution in [0.5, 0.6) is 0 Å². The van der Waals surface area contributed by atoms with E-state index in [1.54, 1.807) is 23.7 Å². The van der Waals surface area contributed by atoms with E-state index in [0.717, 1.165) is 5.69 Å². The summed E-state index contributed by atoms with van der Waals surface area (Å²) in [4.78, 5) is 11.5. The maximum absolute atomic E-state index is 11.5. The fourth-order valence-corrected chi connectivity index (χ4v) is 2.16. The molecule has 5 nitrogen and oxygen atoms in total. The van der Waals surface area contributed by atoms with Crippen molar-refractivity contribution in [2.45, 2.75) is 6.92 Å². The van der Waals surface area contributed by atoms with Gasteiger partial charge in [0.25, 0.3) is 0 Å². The van der Waals surface area contributed by atoms with Gasteiger partial charge in [0.05, 0.1) is 17.6 Å². The quantitative estimate of drug-likeness (QED) is 0.792. The molecule has 0 unspecified atom stereocenters. The molecule has 0 bridgehead atoms. The molecular weight excluding hydrogens is 256 g/mol. The van der Waals surface area contributed by atoms with E-state index in [0.29, 0.717) is 17.1 Å². The third kappa shape index (κ3) is 1.89. The maximum Gasteiger partial charge on any atom is 0.339 e. The third-order valence-corrected chi connectivity index (χ3v) is 3.09. The molecule has 0 saturated carbocycles. The van der Waals surface area contributed by atoms with Gasteiger partial charge in [-0.1, -0.05) is 18.2 Å².